The summed E-state index contributed by atoms with van der Waals surface area (Å²) in [6.45, 7) is 5.47. The normalized spacial score (nSPS) is 16.3. The number of hydrogen-bond donors (Lipinski definition) is 1. The summed E-state index contributed by atoms with van der Waals surface area (Å²) >= 11 is 4.88. The monoisotopic (exact) mass is 380 g/mol. The minimum absolute atomic E-state index is 0.383. The van der Waals surface area contributed by atoms with Crippen LogP contribution in [0.2, 0.25) is 0 Å². The van der Waals surface area contributed by atoms with Crippen LogP contribution in [0.15, 0.2) is 14.7 Å². The van der Waals surface area contributed by atoms with Crippen molar-refractivity contribution in [1.82, 2.24) is 9.62 Å². The molecule has 7 heteroatoms. The molecule has 0 bridgehead atoms. The summed E-state index contributed by atoms with van der Waals surface area (Å²) in [7, 11) is -1.70. The molecule has 2 rings (SSSR count). The van der Waals surface area contributed by atoms with Gasteiger partial charge < -0.3 is 5.32 Å². The SMILES string of the molecule is CC(C)NCc1cc(S(=O)(=O)N(C)CC2CC2)c(Br)s1. The maximum Gasteiger partial charge on any atom is 0.244 e. The van der Waals surface area contributed by atoms with Crippen LogP contribution in [-0.2, 0) is 16.6 Å². The maximum absolute atomic E-state index is 12.5. The smallest absolute Gasteiger partial charge is 0.244 e. The zero-order chi connectivity index (χ0) is 14.9. The third-order valence-electron chi connectivity index (χ3n) is 3.29. The number of hydrogen-bond acceptors (Lipinski definition) is 4. The van der Waals surface area contributed by atoms with Gasteiger partial charge in [0.1, 0.15) is 4.90 Å². The van der Waals surface area contributed by atoms with Crippen molar-refractivity contribution >= 4 is 37.3 Å². The Labute approximate surface area is 133 Å². The topological polar surface area (TPSA) is 49.4 Å². The molecule has 1 fully saturated rings. The van der Waals surface area contributed by atoms with Crippen LogP contribution < -0.4 is 5.32 Å². The van der Waals surface area contributed by atoms with Gasteiger partial charge >= 0.3 is 0 Å². The van der Waals surface area contributed by atoms with E-state index in [1.807, 2.05) is 0 Å². The number of halogens is 1. The molecule has 1 aromatic heterocycles. The molecule has 0 spiro atoms. The molecule has 0 unspecified atom stereocenters. The van der Waals surface area contributed by atoms with Gasteiger partial charge in [-0.2, -0.15) is 0 Å². The molecule has 0 aromatic carbocycles. The number of thiophene rings is 1. The summed E-state index contributed by atoms with van der Waals surface area (Å²) in [4.78, 5) is 1.43. The van der Waals surface area contributed by atoms with Gasteiger partial charge in [0.25, 0.3) is 0 Å². The third kappa shape index (κ3) is 4.04. The molecule has 20 heavy (non-hydrogen) atoms. The van der Waals surface area contributed by atoms with Gasteiger partial charge in [-0.3, -0.25) is 0 Å². The van der Waals surface area contributed by atoms with Crippen molar-refractivity contribution in [1.29, 1.82) is 0 Å². The molecule has 0 amide bonds. The largest absolute Gasteiger partial charge is 0.310 e. The quantitative estimate of drug-likeness (QED) is 0.790. The van der Waals surface area contributed by atoms with Gasteiger partial charge in [-0.1, -0.05) is 13.8 Å². The highest BCUT2D eigenvalue weighted by Crippen LogP contribution is 2.35. The lowest BCUT2D eigenvalue weighted by atomic mass is 10.4. The van der Waals surface area contributed by atoms with Gasteiger partial charge in [0, 0.05) is 31.1 Å². The van der Waals surface area contributed by atoms with E-state index in [9.17, 15) is 8.42 Å². The van der Waals surface area contributed by atoms with E-state index in [1.54, 1.807) is 13.1 Å². The standard InChI is InChI=1S/C13H21BrN2O2S2/c1-9(2)15-7-11-6-12(13(14)19-11)20(17,18)16(3)8-10-4-5-10/h6,9-10,15H,4-5,7-8H2,1-3H3. The van der Waals surface area contributed by atoms with E-state index >= 15 is 0 Å². The summed E-state index contributed by atoms with van der Waals surface area (Å²) in [6.07, 6.45) is 2.29. The van der Waals surface area contributed by atoms with Gasteiger partial charge in [-0.25, -0.2) is 12.7 Å². The van der Waals surface area contributed by atoms with Crippen molar-refractivity contribution in [2.24, 2.45) is 5.92 Å². The van der Waals surface area contributed by atoms with E-state index in [-0.39, 0.29) is 0 Å². The van der Waals surface area contributed by atoms with E-state index in [4.69, 9.17) is 0 Å². The van der Waals surface area contributed by atoms with Crippen LogP contribution in [-0.4, -0.2) is 32.4 Å². The Hall–Kier alpha value is 0.0500. The van der Waals surface area contributed by atoms with Crippen LogP contribution >= 0.6 is 27.3 Å². The molecule has 0 radical (unpaired) electrons. The minimum Gasteiger partial charge on any atom is -0.310 e. The van der Waals surface area contributed by atoms with Crippen LogP contribution in [0.3, 0.4) is 0 Å². The zero-order valence-corrected chi connectivity index (χ0v) is 15.2. The van der Waals surface area contributed by atoms with Crippen molar-refractivity contribution in [3.8, 4) is 0 Å². The molecule has 1 N–H and O–H groups in total. The third-order valence-corrected chi connectivity index (χ3v) is 7.37. The predicted octanol–water partition coefficient (Wildman–Crippen LogP) is 3.04. The molecule has 4 nitrogen and oxygen atoms in total. The predicted molar refractivity (Wildman–Crippen MR) is 86.5 cm³/mol. The Balaban J connectivity index is 2.13. The second kappa shape index (κ2) is 6.44. The number of nitrogens with one attached hydrogen (secondary N) is 1. The van der Waals surface area contributed by atoms with Crippen molar-refractivity contribution in [3.05, 3.63) is 14.7 Å². The fraction of sp³-hybridized carbons (Fsp3) is 0.692. The van der Waals surface area contributed by atoms with E-state index < -0.39 is 10.0 Å². The van der Waals surface area contributed by atoms with Gasteiger partial charge in [-0.15, -0.1) is 11.3 Å². The molecule has 1 aliphatic carbocycles. The summed E-state index contributed by atoms with van der Waals surface area (Å²) < 4.78 is 27.3. The van der Waals surface area contributed by atoms with Crippen molar-refractivity contribution in [2.75, 3.05) is 13.6 Å². The molecule has 0 aliphatic heterocycles. The summed E-state index contributed by atoms with van der Waals surface area (Å²) in [5, 5.41) is 3.31. The van der Waals surface area contributed by atoms with Gasteiger partial charge in [0.15, 0.2) is 0 Å². The average Bonchev–Trinajstić information content (AvgIpc) is 3.07. The maximum atomic E-state index is 12.5. The highest BCUT2D eigenvalue weighted by molar-refractivity contribution is 9.11. The lowest BCUT2D eigenvalue weighted by Crippen LogP contribution is -2.28. The Bertz CT molecular complexity index is 565. The highest BCUT2D eigenvalue weighted by atomic mass is 79.9. The van der Waals surface area contributed by atoms with Crippen LogP contribution in [0.25, 0.3) is 0 Å². The van der Waals surface area contributed by atoms with Crippen LogP contribution in [0.5, 0.6) is 0 Å². The first-order valence-electron chi connectivity index (χ1n) is 6.78. The summed E-state index contributed by atoms with van der Waals surface area (Å²) in [5.41, 5.74) is 0. The number of sulfonamides is 1. The minimum atomic E-state index is -3.37. The van der Waals surface area contributed by atoms with Crippen molar-refractivity contribution in [2.45, 2.75) is 44.2 Å². The first kappa shape index (κ1) is 16.4. The second-order valence-electron chi connectivity index (χ2n) is 5.62. The zero-order valence-electron chi connectivity index (χ0n) is 12.0. The molecular weight excluding hydrogens is 360 g/mol. The van der Waals surface area contributed by atoms with E-state index in [2.05, 4.69) is 35.1 Å². The molecular formula is C13H21BrN2O2S2. The lowest BCUT2D eigenvalue weighted by molar-refractivity contribution is 0.453. The summed E-state index contributed by atoms with van der Waals surface area (Å²) in [5.74, 6) is 0.550. The Kier molecular flexibility index (Phi) is 5.29. The van der Waals surface area contributed by atoms with Crippen LogP contribution in [0.1, 0.15) is 31.6 Å². The Morgan fingerprint density at radius 3 is 2.70 bits per heavy atom. The lowest BCUT2D eigenvalue weighted by Gasteiger charge is -2.16. The average molecular weight is 381 g/mol. The molecule has 114 valence electrons. The highest BCUT2D eigenvalue weighted by Gasteiger charge is 2.31. The fourth-order valence-corrected chi connectivity index (χ4v) is 5.72. The van der Waals surface area contributed by atoms with Gasteiger partial charge in [0.05, 0.1) is 3.79 Å². The number of nitrogens with zero attached hydrogens (tertiary/aromatic N) is 1. The molecule has 1 aliphatic rings. The Morgan fingerprint density at radius 1 is 1.50 bits per heavy atom. The van der Waals surface area contributed by atoms with E-state index in [1.165, 1.54) is 15.6 Å². The van der Waals surface area contributed by atoms with E-state index in [0.717, 1.165) is 17.7 Å². The van der Waals surface area contributed by atoms with Crippen LogP contribution in [0.4, 0.5) is 0 Å². The fourth-order valence-electron chi connectivity index (χ4n) is 1.90. The molecule has 1 saturated carbocycles. The first-order valence-corrected chi connectivity index (χ1v) is 9.83. The number of rotatable bonds is 7. The molecule has 1 aromatic rings. The van der Waals surface area contributed by atoms with Crippen LogP contribution in [0, 0.1) is 5.92 Å². The second-order valence-corrected chi connectivity index (χ2v) is 10.1. The van der Waals surface area contributed by atoms with E-state index in [0.29, 0.717) is 33.7 Å². The molecule has 0 atom stereocenters. The molecule has 1 heterocycles. The van der Waals surface area contributed by atoms with Crippen molar-refractivity contribution < 1.29 is 8.42 Å². The van der Waals surface area contributed by atoms with Gasteiger partial charge in [0.2, 0.25) is 10.0 Å². The van der Waals surface area contributed by atoms with Gasteiger partial charge in [-0.05, 0) is 40.8 Å². The summed E-state index contributed by atoms with van der Waals surface area (Å²) in [6, 6.07) is 2.16. The Morgan fingerprint density at radius 2 is 2.15 bits per heavy atom. The molecule has 0 saturated heterocycles. The first-order chi connectivity index (χ1) is 9.30. The van der Waals surface area contributed by atoms with Crippen molar-refractivity contribution in [3.63, 3.8) is 0 Å².